The fraction of sp³-hybridized carbons (Fsp3) is 0.846. The van der Waals surface area contributed by atoms with Crippen LogP contribution in [0.15, 0.2) is 0 Å². The summed E-state index contributed by atoms with van der Waals surface area (Å²) in [6, 6.07) is 0. The second-order valence-electron chi connectivity index (χ2n) is 7.16. The van der Waals surface area contributed by atoms with Crippen LogP contribution in [-0.4, -0.2) is 27.7 Å². The summed E-state index contributed by atoms with van der Waals surface area (Å²) < 4.78 is 0. The SMILES string of the molecule is [Cl-].[NH3+]C12CC3CC(CC(=O)O)(C1)CC(C(=O)O)(C3)C2. The predicted octanol–water partition coefficient (Wildman–Crippen LogP) is -2.50. The number of halogens is 1. The van der Waals surface area contributed by atoms with Gasteiger partial charge in [0.1, 0.15) is 0 Å². The lowest BCUT2D eigenvalue weighted by atomic mass is 9.41. The third kappa shape index (κ3) is 2.13. The summed E-state index contributed by atoms with van der Waals surface area (Å²) in [5.74, 6) is -1.19. The Labute approximate surface area is 118 Å². The van der Waals surface area contributed by atoms with Crippen molar-refractivity contribution in [2.24, 2.45) is 16.7 Å². The second kappa shape index (κ2) is 4.09. The maximum absolute atomic E-state index is 11.6. The van der Waals surface area contributed by atoms with Crippen molar-refractivity contribution >= 4 is 11.9 Å². The highest BCUT2D eigenvalue weighted by molar-refractivity contribution is 5.76. The zero-order chi connectivity index (χ0) is 13.2. The molecule has 4 rings (SSSR count). The lowest BCUT2D eigenvalue weighted by Crippen LogP contribution is -3.00. The summed E-state index contributed by atoms with van der Waals surface area (Å²) in [5, 5.41) is 18.7. The van der Waals surface area contributed by atoms with E-state index in [1.54, 1.807) is 0 Å². The van der Waals surface area contributed by atoms with Gasteiger partial charge in [-0.05, 0) is 30.6 Å². The summed E-state index contributed by atoms with van der Waals surface area (Å²) in [6.07, 6.45) is 4.65. The van der Waals surface area contributed by atoms with E-state index in [2.05, 4.69) is 5.73 Å². The molecule has 0 saturated heterocycles. The van der Waals surface area contributed by atoms with Gasteiger partial charge in [0.15, 0.2) is 0 Å². The first-order valence-corrected chi connectivity index (χ1v) is 6.57. The third-order valence-electron chi connectivity index (χ3n) is 5.28. The maximum Gasteiger partial charge on any atom is 0.309 e. The van der Waals surface area contributed by atoms with Gasteiger partial charge >= 0.3 is 11.9 Å². The van der Waals surface area contributed by atoms with Gasteiger partial charge in [-0.2, -0.15) is 0 Å². The zero-order valence-corrected chi connectivity index (χ0v) is 11.6. The Hall–Kier alpha value is -0.810. The molecule has 0 aromatic carbocycles. The quantitative estimate of drug-likeness (QED) is 0.534. The molecule has 0 amide bonds. The molecule has 0 aliphatic heterocycles. The number of aliphatic carboxylic acids is 2. The van der Waals surface area contributed by atoms with Crippen molar-refractivity contribution in [1.29, 1.82) is 0 Å². The standard InChI is InChI=1S/C13H19NO4.ClH/c14-13-3-8-1-11(6-13,4-9(15)16)5-12(2-8,7-13)10(17)18;/h8H,1-7,14H2,(H,15,16)(H,17,18);1H. The van der Waals surface area contributed by atoms with Crippen molar-refractivity contribution in [1.82, 2.24) is 0 Å². The van der Waals surface area contributed by atoms with Gasteiger partial charge in [-0.15, -0.1) is 0 Å². The van der Waals surface area contributed by atoms with Crippen molar-refractivity contribution < 1.29 is 37.9 Å². The lowest BCUT2D eigenvalue weighted by molar-refractivity contribution is -0.513. The van der Waals surface area contributed by atoms with Crippen LogP contribution in [0, 0.1) is 16.7 Å². The van der Waals surface area contributed by atoms with Crippen LogP contribution in [0.3, 0.4) is 0 Å². The molecule has 4 aliphatic rings. The predicted molar refractivity (Wildman–Crippen MR) is 61.6 cm³/mol. The van der Waals surface area contributed by atoms with E-state index in [0.29, 0.717) is 18.8 Å². The first-order valence-electron chi connectivity index (χ1n) is 6.57. The molecular weight excluding hydrogens is 270 g/mol. The smallest absolute Gasteiger partial charge is 0.309 e. The molecule has 4 bridgehead atoms. The molecule has 19 heavy (non-hydrogen) atoms. The summed E-state index contributed by atoms with van der Waals surface area (Å²) in [4.78, 5) is 22.7. The average molecular weight is 290 g/mol. The van der Waals surface area contributed by atoms with Crippen LogP contribution in [-0.2, 0) is 9.59 Å². The Kier molecular flexibility index (Phi) is 3.14. The molecule has 4 aliphatic carbocycles. The highest BCUT2D eigenvalue weighted by Crippen LogP contribution is 2.66. The minimum Gasteiger partial charge on any atom is -1.00 e. The minimum atomic E-state index is -0.805. The molecular formula is C13H20ClNO4. The van der Waals surface area contributed by atoms with Crippen molar-refractivity contribution in [3.8, 4) is 0 Å². The summed E-state index contributed by atoms with van der Waals surface area (Å²) in [6.45, 7) is 0. The number of carboxylic acids is 2. The molecule has 0 aromatic heterocycles. The molecule has 4 unspecified atom stereocenters. The highest BCUT2D eigenvalue weighted by atomic mass is 35.5. The average Bonchev–Trinajstić information content (AvgIpc) is 2.09. The Morgan fingerprint density at radius 3 is 2.32 bits per heavy atom. The topological polar surface area (TPSA) is 102 Å². The molecule has 0 spiro atoms. The Balaban J connectivity index is 0.00000133. The van der Waals surface area contributed by atoms with Crippen LogP contribution < -0.4 is 18.1 Å². The third-order valence-corrected chi connectivity index (χ3v) is 5.28. The number of hydrogen-bond acceptors (Lipinski definition) is 2. The van der Waals surface area contributed by atoms with Crippen molar-refractivity contribution in [3.63, 3.8) is 0 Å². The monoisotopic (exact) mass is 289 g/mol. The first-order chi connectivity index (χ1) is 8.27. The van der Waals surface area contributed by atoms with Crippen LogP contribution in [0.2, 0.25) is 0 Å². The van der Waals surface area contributed by atoms with E-state index < -0.39 is 17.4 Å². The van der Waals surface area contributed by atoms with Crippen LogP contribution in [0.4, 0.5) is 0 Å². The Bertz CT molecular complexity index is 442. The van der Waals surface area contributed by atoms with Gasteiger partial charge in [-0.3, -0.25) is 9.59 Å². The van der Waals surface area contributed by atoms with Gasteiger partial charge in [-0.1, -0.05) is 0 Å². The van der Waals surface area contributed by atoms with Gasteiger partial charge in [-0.25, -0.2) is 0 Å². The summed E-state index contributed by atoms with van der Waals surface area (Å²) in [7, 11) is 0. The van der Waals surface area contributed by atoms with Crippen LogP contribution in [0.5, 0.6) is 0 Å². The van der Waals surface area contributed by atoms with Crippen molar-refractivity contribution in [2.45, 2.75) is 50.5 Å². The van der Waals surface area contributed by atoms with Crippen molar-refractivity contribution in [3.05, 3.63) is 0 Å². The lowest BCUT2D eigenvalue weighted by Gasteiger charge is -2.62. The van der Waals surface area contributed by atoms with Gasteiger partial charge in [0, 0.05) is 19.3 Å². The number of carboxylic acid groups (broad SMARTS) is 2. The molecule has 108 valence electrons. The molecule has 0 aromatic rings. The number of rotatable bonds is 3. The van der Waals surface area contributed by atoms with Crippen LogP contribution in [0.25, 0.3) is 0 Å². The molecule has 4 fully saturated rings. The summed E-state index contributed by atoms with van der Waals surface area (Å²) in [5.41, 5.74) is 3.04. The van der Waals surface area contributed by atoms with Gasteiger partial charge in [0.05, 0.1) is 17.4 Å². The highest BCUT2D eigenvalue weighted by Gasteiger charge is 2.67. The van der Waals surface area contributed by atoms with Gasteiger partial charge in [0.2, 0.25) is 0 Å². The van der Waals surface area contributed by atoms with Gasteiger partial charge in [0.25, 0.3) is 0 Å². The fourth-order valence-corrected chi connectivity index (χ4v) is 5.60. The van der Waals surface area contributed by atoms with E-state index >= 15 is 0 Å². The molecule has 0 radical (unpaired) electrons. The van der Waals surface area contributed by atoms with E-state index in [4.69, 9.17) is 5.11 Å². The minimum absolute atomic E-state index is 0. The first kappa shape index (κ1) is 14.6. The van der Waals surface area contributed by atoms with E-state index in [1.165, 1.54) is 0 Å². The Morgan fingerprint density at radius 1 is 1.11 bits per heavy atom. The summed E-state index contributed by atoms with van der Waals surface area (Å²) >= 11 is 0. The van der Waals surface area contributed by atoms with Gasteiger partial charge < -0.3 is 28.4 Å². The molecule has 6 heteroatoms. The number of quaternary nitrogens is 1. The van der Waals surface area contributed by atoms with E-state index in [9.17, 15) is 14.7 Å². The zero-order valence-electron chi connectivity index (χ0n) is 10.8. The maximum atomic E-state index is 11.6. The van der Waals surface area contributed by atoms with E-state index in [0.717, 1.165) is 25.7 Å². The number of carbonyl (C=O) groups is 2. The largest absolute Gasteiger partial charge is 1.00 e. The van der Waals surface area contributed by atoms with Crippen LogP contribution in [0.1, 0.15) is 44.9 Å². The van der Waals surface area contributed by atoms with Crippen molar-refractivity contribution in [2.75, 3.05) is 0 Å². The molecule has 5 nitrogen and oxygen atoms in total. The molecule has 4 saturated carbocycles. The Morgan fingerprint density at radius 2 is 1.79 bits per heavy atom. The molecule has 5 N–H and O–H groups in total. The van der Waals surface area contributed by atoms with E-state index in [-0.39, 0.29) is 29.8 Å². The fourth-order valence-electron chi connectivity index (χ4n) is 5.60. The molecule has 4 atom stereocenters. The molecule has 0 heterocycles. The van der Waals surface area contributed by atoms with Crippen LogP contribution >= 0.6 is 0 Å². The second-order valence-corrected chi connectivity index (χ2v) is 7.16. The normalized spacial score (nSPS) is 46.7. The number of hydrogen-bond donors (Lipinski definition) is 3. The van der Waals surface area contributed by atoms with E-state index in [1.807, 2.05) is 0 Å².